The third-order valence-corrected chi connectivity index (χ3v) is 3.43. The highest BCUT2D eigenvalue weighted by Gasteiger charge is 2.06. The molecule has 0 aliphatic carbocycles. The lowest BCUT2D eigenvalue weighted by Crippen LogP contribution is -2.05. The minimum Gasteiger partial charge on any atom is -0.370 e. The summed E-state index contributed by atoms with van der Waals surface area (Å²) in [6.07, 6.45) is 4.25. The zero-order valence-corrected chi connectivity index (χ0v) is 13.3. The summed E-state index contributed by atoms with van der Waals surface area (Å²) >= 11 is 0. The Morgan fingerprint density at radius 3 is 2.33 bits per heavy atom. The largest absolute Gasteiger partial charge is 0.370 e. The van der Waals surface area contributed by atoms with Gasteiger partial charge in [-0.05, 0) is 18.4 Å². The molecule has 0 spiro atoms. The zero-order chi connectivity index (χ0) is 15.1. The molecule has 0 unspecified atom stereocenters. The normalized spacial score (nSPS) is 10.6. The Bertz CT molecular complexity index is 561. The van der Waals surface area contributed by atoms with Gasteiger partial charge in [-0.3, -0.25) is 0 Å². The molecule has 1 aromatic heterocycles. The fourth-order valence-corrected chi connectivity index (χ4v) is 2.28. The van der Waals surface area contributed by atoms with Crippen LogP contribution in [0.4, 0.5) is 5.82 Å². The molecule has 0 saturated carbocycles. The highest BCUT2D eigenvalue weighted by atomic mass is 15.0. The predicted octanol–water partition coefficient (Wildman–Crippen LogP) is 4.48. The summed E-state index contributed by atoms with van der Waals surface area (Å²) in [5.74, 6) is 1.82. The minimum atomic E-state index is 0.850. The van der Waals surface area contributed by atoms with Gasteiger partial charge in [0.1, 0.15) is 11.6 Å². The Kier molecular flexibility index (Phi) is 5.73. The van der Waals surface area contributed by atoms with Gasteiger partial charge in [-0.2, -0.15) is 0 Å². The number of nitrogens with one attached hydrogen (secondary N) is 1. The molecule has 0 radical (unpaired) electrons. The van der Waals surface area contributed by atoms with Crippen LogP contribution >= 0.6 is 0 Å². The lowest BCUT2D eigenvalue weighted by atomic mass is 10.1. The number of rotatable bonds is 7. The van der Waals surface area contributed by atoms with Crippen LogP contribution in [0.1, 0.15) is 45.0 Å². The van der Waals surface area contributed by atoms with Crippen molar-refractivity contribution in [3.8, 4) is 11.3 Å². The molecule has 0 aliphatic heterocycles. The van der Waals surface area contributed by atoms with E-state index in [1.165, 1.54) is 12.0 Å². The quantitative estimate of drug-likeness (QED) is 0.814. The van der Waals surface area contributed by atoms with Crippen LogP contribution in [0.25, 0.3) is 11.3 Å². The molecular formula is C18H25N3. The molecule has 3 nitrogen and oxygen atoms in total. The second-order valence-corrected chi connectivity index (χ2v) is 5.28. The van der Waals surface area contributed by atoms with Crippen molar-refractivity contribution in [2.24, 2.45) is 0 Å². The molecule has 1 heterocycles. The van der Waals surface area contributed by atoms with Crippen LogP contribution < -0.4 is 5.32 Å². The van der Waals surface area contributed by atoms with Crippen LogP contribution in [0, 0.1) is 0 Å². The van der Waals surface area contributed by atoms with E-state index in [2.05, 4.69) is 60.3 Å². The summed E-state index contributed by atoms with van der Waals surface area (Å²) < 4.78 is 0. The standard InChI is InChI=1S/C18H25N3/c1-4-7-14-8-10-15(11-9-14)16-13-18(19-12-5-2)21-17(6-3)20-16/h8-11,13H,4-7,12H2,1-3H3,(H,19,20,21). The van der Waals surface area contributed by atoms with E-state index in [1.807, 2.05) is 6.07 Å². The van der Waals surface area contributed by atoms with Crippen molar-refractivity contribution in [2.45, 2.75) is 46.5 Å². The van der Waals surface area contributed by atoms with Crippen LogP contribution in [0.15, 0.2) is 30.3 Å². The van der Waals surface area contributed by atoms with E-state index in [9.17, 15) is 0 Å². The molecule has 1 N–H and O–H groups in total. The van der Waals surface area contributed by atoms with Crippen molar-refractivity contribution >= 4 is 5.82 Å². The van der Waals surface area contributed by atoms with E-state index < -0.39 is 0 Å². The summed E-state index contributed by atoms with van der Waals surface area (Å²) in [6, 6.07) is 10.8. The molecule has 112 valence electrons. The van der Waals surface area contributed by atoms with E-state index >= 15 is 0 Å². The topological polar surface area (TPSA) is 37.8 Å². The summed E-state index contributed by atoms with van der Waals surface area (Å²) in [5.41, 5.74) is 3.55. The molecule has 0 bridgehead atoms. The van der Waals surface area contributed by atoms with Gasteiger partial charge >= 0.3 is 0 Å². The molecule has 1 aromatic carbocycles. The third kappa shape index (κ3) is 4.28. The minimum absolute atomic E-state index is 0.850. The number of hydrogen-bond acceptors (Lipinski definition) is 3. The average molecular weight is 283 g/mol. The van der Waals surface area contributed by atoms with Gasteiger partial charge in [0, 0.05) is 24.6 Å². The molecule has 0 amide bonds. The van der Waals surface area contributed by atoms with Crippen molar-refractivity contribution in [1.29, 1.82) is 0 Å². The molecule has 21 heavy (non-hydrogen) atoms. The molecule has 0 aliphatic rings. The third-order valence-electron chi connectivity index (χ3n) is 3.43. The molecule has 0 atom stereocenters. The van der Waals surface area contributed by atoms with Gasteiger partial charge in [-0.1, -0.05) is 51.5 Å². The smallest absolute Gasteiger partial charge is 0.131 e. The molecular weight excluding hydrogens is 258 g/mol. The summed E-state index contributed by atoms with van der Waals surface area (Å²) in [5, 5.41) is 3.36. The first-order chi connectivity index (χ1) is 10.3. The second kappa shape index (κ2) is 7.77. The number of aromatic nitrogens is 2. The lowest BCUT2D eigenvalue weighted by molar-refractivity contribution is 0.917. The lowest BCUT2D eigenvalue weighted by Gasteiger charge is -2.09. The van der Waals surface area contributed by atoms with Crippen LogP contribution in [0.3, 0.4) is 0 Å². The van der Waals surface area contributed by atoms with Gasteiger partial charge in [0.2, 0.25) is 0 Å². The van der Waals surface area contributed by atoms with E-state index in [1.54, 1.807) is 0 Å². The number of anilines is 1. The maximum Gasteiger partial charge on any atom is 0.131 e. The summed E-state index contributed by atoms with van der Waals surface area (Å²) in [6.45, 7) is 7.39. The highest BCUT2D eigenvalue weighted by Crippen LogP contribution is 2.21. The van der Waals surface area contributed by atoms with Crippen molar-refractivity contribution in [2.75, 3.05) is 11.9 Å². The average Bonchev–Trinajstić information content (AvgIpc) is 2.53. The van der Waals surface area contributed by atoms with Crippen molar-refractivity contribution in [1.82, 2.24) is 9.97 Å². The van der Waals surface area contributed by atoms with Crippen LogP contribution in [-0.2, 0) is 12.8 Å². The monoisotopic (exact) mass is 283 g/mol. The molecule has 2 rings (SSSR count). The first-order valence-electron chi connectivity index (χ1n) is 7.98. The van der Waals surface area contributed by atoms with Gasteiger partial charge in [-0.15, -0.1) is 0 Å². The number of nitrogens with zero attached hydrogens (tertiary/aromatic N) is 2. The maximum atomic E-state index is 4.65. The SMILES string of the molecule is CCCNc1cc(-c2ccc(CCC)cc2)nc(CC)n1. The Hall–Kier alpha value is -1.90. The summed E-state index contributed by atoms with van der Waals surface area (Å²) in [7, 11) is 0. The van der Waals surface area contributed by atoms with Crippen molar-refractivity contribution < 1.29 is 0 Å². The maximum absolute atomic E-state index is 4.65. The van der Waals surface area contributed by atoms with E-state index in [0.29, 0.717) is 0 Å². The van der Waals surface area contributed by atoms with E-state index in [4.69, 9.17) is 0 Å². The van der Waals surface area contributed by atoms with E-state index in [0.717, 1.165) is 48.7 Å². The molecule has 0 fully saturated rings. The van der Waals surface area contributed by atoms with Gasteiger partial charge in [0.05, 0.1) is 5.69 Å². The van der Waals surface area contributed by atoms with Gasteiger partial charge in [0.25, 0.3) is 0 Å². The Morgan fingerprint density at radius 1 is 0.952 bits per heavy atom. The van der Waals surface area contributed by atoms with E-state index in [-0.39, 0.29) is 0 Å². The number of aryl methyl sites for hydroxylation is 2. The van der Waals surface area contributed by atoms with Gasteiger partial charge in [-0.25, -0.2) is 9.97 Å². The second-order valence-electron chi connectivity index (χ2n) is 5.28. The zero-order valence-electron chi connectivity index (χ0n) is 13.3. The first kappa shape index (κ1) is 15.5. The number of hydrogen-bond donors (Lipinski definition) is 1. The predicted molar refractivity (Wildman–Crippen MR) is 89.6 cm³/mol. The van der Waals surface area contributed by atoms with Gasteiger partial charge < -0.3 is 5.32 Å². The summed E-state index contributed by atoms with van der Waals surface area (Å²) in [4.78, 5) is 9.19. The van der Waals surface area contributed by atoms with Crippen molar-refractivity contribution in [3.05, 3.63) is 41.7 Å². The fraction of sp³-hybridized carbons (Fsp3) is 0.444. The molecule has 3 heteroatoms. The van der Waals surface area contributed by atoms with Crippen LogP contribution in [0.5, 0.6) is 0 Å². The molecule has 2 aromatic rings. The molecule has 0 saturated heterocycles. The van der Waals surface area contributed by atoms with Crippen LogP contribution in [0.2, 0.25) is 0 Å². The fourth-order valence-electron chi connectivity index (χ4n) is 2.28. The Labute approximate surface area is 127 Å². The van der Waals surface area contributed by atoms with Crippen LogP contribution in [-0.4, -0.2) is 16.5 Å². The van der Waals surface area contributed by atoms with Gasteiger partial charge in [0.15, 0.2) is 0 Å². The number of benzene rings is 1. The highest BCUT2D eigenvalue weighted by molar-refractivity contribution is 5.62. The first-order valence-corrected chi connectivity index (χ1v) is 7.98. The Balaban J connectivity index is 2.28. The van der Waals surface area contributed by atoms with Crippen molar-refractivity contribution in [3.63, 3.8) is 0 Å². The Morgan fingerprint density at radius 2 is 1.71 bits per heavy atom.